The van der Waals surface area contributed by atoms with Crippen molar-refractivity contribution in [1.29, 1.82) is 0 Å². The van der Waals surface area contributed by atoms with Gasteiger partial charge in [0.15, 0.2) is 19.5 Å². The van der Waals surface area contributed by atoms with E-state index in [0.717, 1.165) is 49.3 Å². The smallest absolute Gasteiger partial charge is 0.278 e. The molecule has 38 heavy (non-hydrogen) atoms. The average molecular weight is 514 g/mol. The first-order valence-electron chi connectivity index (χ1n) is 12.8. The van der Waals surface area contributed by atoms with Crippen molar-refractivity contribution in [3.05, 3.63) is 60.2 Å². The second-order valence-corrected chi connectivity index (χ2v) is 9.49. The van der Waals surface area contributed by atoms with Crippen LogP contribution in [0.5, 0.6) is 0 Å². The first-order valence-corrected chi connectivity index (χ1v) is 12.8. The van der Waals surface area contributed by atoms with Gasteiger partial charge in [0.25, 0.3) is 5.91 Å². The second kappa shape index (κ2) is 11.6. The first-order chi connectivity index (χ1) is 18.5. The molecule has 0 aliphatic carbocycles. The van der Waals surface area contributed by atoms with Crippen molar-refractivity contribution in [2.24, 2.45) is 0 Å². The van der Waals surface area contributed by atoms with E-state index >= 15 is 0 Å². The molecule has 1 aromatic carbocycles. The van der Waals surface area contributed by atoms with Gasteiger partial charge in [0, 0.05) is 31.4 Å². The lowest BCUT2D eigenvalue weighted by Gasteiger charge is -2.30. The predicted octanol–water partition coefficient (Wildman–Crippen LogP) is 0.838. The molecule has 4 heterocycles. The van der Waals surface area contributed by atoms with Gasteiger partial charge in [-0.15, -0.1) is 0 Å². The van der Waals surface area contributed by atoms with Gasteiger partial charge in [-0.25, -0.2) is 9.97 Å². The van der Waals surface area contributed by atoms with E-state index in [1.165, 1.54) is 0 Å². The number of hydrogen-bond acceptors (Lipinski definition) is 9. The number of ether oxygens (including phenoxy) is 1. The van der Waals surface area contributed by atoms with E-state index in [2.05, 4.69) is 35.3 Å². The van der Waals surface area contributed by atoms with Gasteiger partial charge in [-0.2, -0.15) is 0 Å². The van der Waals surface area contributed by atoms with Crippen LogP contribution in [0.2, 0.25) is 0 Å². The Morgan fingerprint density at radius 1 is 1.11 bits per heavy atom. The monoisotopic (exact) mass is 514 g/mol. The predicted molar refractivity (Wildman–Crippen MR) is 147 cm³/mol. The highest BCUT2D eigenvalue weighted by molar-refractivity contribution is 6.07. The van der Waals surface area contributed by atoms with E-state index in [-0.39, 0.29) is 23.5 Å². The van der Waals surface area contributed by atoms with Gasteiger partial charge in [-0.05, 0) is 31.0 Å². The number of carbonyl (C=O) groups is 2. The van der Waals surface area contributed by atoms with Gasteiger partial charge in [-0.3, -0.25) is 14.6 Å². The number of hydrogen-bond donors (Lipinski definition) is 3. The third-order valence-corrected chi connectivity index (χ3v) is 6.95. The summed E-state index contributed by atoms with van der Waals surface area (Å²) in [5.74, 6) is -0.366. The molecule has 2 aromatic heterocycles. The fraction of sp³-hybridized carbons (Fsp3) is 0.346. The fourth-order valence-electron chi connectivity index (χ4n) is 4.79. The van der Waals surface area contributed by atoms with Crippen LogP contribution in [0.3, 0.4) is 0 Å². The highest BCUT2D eigenvalue weighted by Crippen LogP contribution is 2.27. The molecule has 0 unspecified atom stereocenters. The van der Waals surface area contributed by atoms with Gasteiger partial charge in [-0.1, -0.05) is 24.3 Å². The topological polar surface area (TPSA) is 139 Å². The zero-order valence-electron chi connectivity index (χ0n) is 21.4. The van der Waals surface area contributed by atoms with Crippen molar-refractivity contribution in [3.63, 3.8) is 0 Å². The van der Waals surface area contributed by atoms with Gasteiger partial charge < -0.3 is 30.8 Å². The number of rotatable bonds is 7. The average Bonchev–Trinajstić information content (AvgIpc) is 3.39. The summed E-state index contributed by atoms with van der Waals surface area (Å²) in [4.78, 5) is 42.8. The van der Waals surface area contributed by atoms with Crippen LogP contribution in [0.1, 0.15) is 28.9 Å². The minimum Gasteiger partial charge on any atom is -0.382 e. The maximum Gasteiger partial charge on any atom is 0.278 e. The Hall–Kier alpha value is -4.03. The van der Waals surface area contributed by atoms with E-state index in [1.807, 2.05) is 38.3 Å². The Morgan fingerprint density at radius 2 is 1.89 bits per heavy atom. The molecular formula is C26H31BN8O3. The van der Waals surface area contributed by atoms with Crippen molar-refractivity contribution < 1.29 is 14.3 Å². The summed E-state index contributed by atoms with van der Waals surface area (Å²) in [5.41, 5.74) is 9.78. The van der Waals surface area contributed by atoms with Crippen molar-refractivity contribution in [2.45, 2.75) is 25.4 Å². The summed E-state index contributed by atoms with van der Waals surface area (Å²) < 4.78 is 5.44. The van der Waals surface area contributed by atoms with Crippen LogP contribution < -0.4 is 21.3 Å². The van der Waals surface area contributed by atoms with Crippen molar-refractivity contribution >= 4 is 37.0 Å². The lowest BCUT2D eigenvalue weighted by molar-refractivity contribution is -0.124. The molecule has 0 radical (unpaired) electrons. The molecule has 2 fully saturated rings. The quantitative estimate of drug-likeness (QED) is 0.392. The molecular weight excluding hydrogens is 483 g/mol. The maximum absolute atomic E-state index is 13.2. The number of morpholine rings is 1. The zero-order chi connectivity index (χ0) is 26.5. The van der Waals surface area contributed by atoms with Gasteiger partial charge in [0.1, 0.15) is 0 Å². The Kier molecular flexibility index (Phi) is 7.80. The lowest BCUT2D eigenvalue weighted by Crippen LogP contribution is -2.41. The molecule has 0 spiro atoms. The lowest BCUT2D eigenvalue weighted by atomic mass is 10.1. The van der Waals surface area contributed by atoms with Crippen molar-refractivity contribution in [1.82, 2.24) is 25.1 Å². The SMILES string of the molecule is BN1CCC[C@H]1C(=O)NCc1ccc(-c2cnc(N)c(C(=O)Nc3cnccc3N3CCOCC3)n2)cc1. The minimum absolute atomic E-state index is 0.0382. The Bertz CT molecular complexity index is 1300. The van der Waals surface area contributed by atoms with Gasteiger partial charge in [0.2, 0.25) is 5.91 Å². The number of carbonyl (C=O) groups excluding carboxylic acids is 2. The number of benzene rings is 1. The highest BCUT2D eigenvalue weighted by atomic mass is 16.5. The van der Waals surface area contributed by atoms with Crippen LogP contribution in [0.4, 0.5) is 17.2 Å². The normalized spacial score (nSPS) is 17.8. The third-order valence-electron chi connectivity index (χ3n) is 6.95. The number of amides is 2. The summed E-state index contributed by atoms with van der Waals surface area (Å²) in [6, 6.07) is 9.44. The van der Waals surface area contributed by atoms with E-state index < -0.39 is 5.91 Å². The number of nitrogens with zero attached hydrogens (tertiary/aromatic N) is 5. The molecule has 2 saturated heterocycles. The molecule has 3 aromatic rings. The largest absolute Gasteiger partial charge is 0.382 e. The molecule has 12 heteroatoms. The Labute approximate surface area is 222 Å². The molecule has 1 atom stereocenters. The molecule has 2 amide bonds. The van der Waals surface area contributed by atoms with Crippen molar-refractivity contribution in [3.8, 4) is 11.3 Å². The summed E-state index contributed by atoms with van der Waals surface area (Å²) >= 11 is 0. The number of pyridine rings is 1. The number of nitrogen functional groups attached to an aromatic ring is 1. The summed E-state index contributed by atoms with van der Waals surface area (Å²) in [7, 11) is 1.98. The molecule has 2 aliphatic heterocycles. The molecule has 4 N–H and O–H groups in total. The number of nitrogens with two attached hydrogens (primary N) is 1. The van der Waals surface area contributed by atoms with Crippen LogP contribution in [-0.2, 0) is 16.1 Å². The highest BCUT2D eigenvalue weighted by Gasteiger charge is 2.27. The summed E-state index contributed by atoms with van der Waals surface area (Å²) in [6.45, 7) is 4.09. The molecule has 2 aliphatic rings. The fourth-order valence-corrected chi connectivity index (χ4v) is 4.79. The zero-order valence-corrected chi connectivity index (χ0v) is 21.4. The molecule has 5 rings (SSSR count). The number of nitrogens with one attached hydrogen (secondary N) is 2. The molecule has 0 bridgehead atoms. The standard InChI is InChI=1S/C26H31BN8O3/c27-35-9-1-2-22(35)25(36)31-14-17-3-5-18(6-4-17)19-16-30-24(28)23(32-19)26(37)33-20-15-29-8-7-21(20)34-10-12-38-13-11-34/h3-8,15-16,22H,1-2,9-14,27H2,(H2,28,30)(H,31,36)(H,33,37)/t22-/m0/s1. The third kappa shape index (κ3) is 5.76. The van der Waals surface area contributed by atoms with Crippen LogP contribution in [0.25, 0.3) is 11.3 Å². The number of aromatic nitrogens is 3. The van der Waals surface area contributed by atoms with Gasteiger partial charge in [0.05, 0.1) is 48.7 Å². The molecule has 11 nitrogen and oxygen atoms in total. The first kappa shape index (κ1) is 25.6. The maximum atomic E-state index is 13.2. The van der Waals surface area contributed by atoms with E-state index in [4.69, 9.17) is 10.5 Å². The Balaban J connectivity index is 1.27. The Morgan fingerprint density at radius 3 is 2.63 bits per heavy atom. The van der Waals surface area contributed by atoms with Crippen LogP contribution in [0.15, 0.2) is 48.9 Å². The van der Waals surface area contributed by atoms with E-state index in [0.29, 0.717) is 31.1 Å². The second-order valence-electron chi connectivity index (χ2n) is 9.49. The number of anilines is 3. The van der Waals surface area contributed by atoms with Crippen LogP contribution in [-0.4, -0.2) is 78.4 Å². The van der Waals surface area contributed by atoms with Gasteiger partial charge >= 0.3 is 0 Å². The summed E-state index contributed by atoms with van der Waals surface area (Å²) in [5, 5.41) is 5.92. The summed E-state index contributed by atoms with van der Waals surface area (Å²) in [6.07, 6.45) is 6.78. The minimum atomic E-state index is -0.462. The van der Waals surface area contributed by atoms with Crippen LogP contribution >= 0.6 is 0 Å². The van der Waals surface area contributed by atoms with E-state index in [9.17, 15) is 9.59 Å². The van der Waals surface area contributed by atoms with Crippen LogP contribution in [0, 0.1) is 0 Å². The molecule has 196 valence electrons. The van der Waals surface area contributed by atoms with E-state index in [1.54, 1.807) is 18.6 Å². The van der Waals surface area contributed by atoms with Crippen molar-refractivity contribution in [2.75, 3.05) is 48.8 Å². The molecule has 0 saturated carbocycles.